The fourth-order valence-electron chi connectivity index (χ4n) is 3.75. The number of carbonyl (C=O) groups is 2. The molecule has 0 spiro atoms. The average molecular weight is 404 g/mol. The van der Waals surface area contributed by atoms with Crippen molar-refractivity contribution >= 4 is 29.1 Å². The molecular formula is C19H22ClN5O3. The molecule has 4 rings (SSSR count). The summed E-state index contributed by atoms with van der Waals surface area (Å²) in [7, 11) is 0. The van der Waals surface area contributed by atoms with Gasteiger partial charge in [0.1, 0.15) is 10.9 Å². The predicted molar refractivity (Wildman–Crippen MR) is 103 cm³/mol. The minimum atomic E-state index is -0.282. The molecule has 2 aromatic rings. The second kappa shape index (κ2) is 8.18. The Hall–Kier alpha value is -2.61. The second-order valence-electron chi connectivity index (χ2n) is 7.26. The first-order valence-electron chi connectivity index (χ1n) is 9.42. The lowest BCUT2D eigenvalue weighted by molar-refractivity contribution is -0.137. The fourth-order valence-corrected chi connectivity index (χ4v) is 3.87. The average Bonchev–Trinajstić information content (AvgIpc) is 3.37. The summed E-state index contributed by atoms with van der Waals surface area (Å²) in [5, 5.41) is 7.02. The number of likely N-dealkylation sites (tertiary alicyclic amines) is 1. The Morgan fingerprint density at radius 2 is 2.11 bits per heavy atom. The maximum absolute atomic E-state index is 12.9. The molecule has 2 aromatic heterocycles. The number of piperidine rings is 1. The summed E-state index contributed by atoms with van der Waals surface area (Å²) in [4.78, 5) is 32.6. The number of carbonyl (C=O) groups excluding carboxylic acids is 2. The van der Waals surface area contributed by atoms with Gasteiger partial charge < -0.3 is 14.5 Å². The molecule has 1 atom stereocenters. The molecule has 0 bridgehead atoms. The van der Waals surface area contributed by atoms with E-state index in [0.717, 1.165) is 12.8 Å². The van der Waals surface area contributed by atoms with Gasteiger partial charge in [0.05, 0.1) is 30.6 Å². The molecule has 1 unspecified atom stereocenters. The molecule has 9 heteroatoms. The maximum atomic E-state index is 12.9. The number of hydrogen-bond donors (Lipinski definition) is 1. The van der Waals surface area contributed by atoms with Crippen molar-refractivity contribution < 1.29 is 14.3 Å². The molecule has 0 aliphatic carbocycles. The maximum Gasteiger partial charge on any atom is 0.228 e. The van der Waals surface area contributed by atoms with E-state index in [2.05, 4.69) is 15.2 Å². The summed E-state index contributed by atoms with van der Waals surface area (Å²) >= 11 is 5.77. The molecule has 2 fully saturated rings. The van der Waals surface area contributed by atoms with Crippen LogP contribution in [0.5, 0.6) is 5.75 Å². The first-order chi connectivity index (χ1) is 13.6. The fraction of sp³-hybridized carbons (Fsp3) is 0.474. The minimum Gasteiger partial charge on any atom is -0.492 e. The highest BCUT2D eigenvalue weighted by molar-refractivity contribution is 6.29. The Balaban J connectivity index is 1.25. The summed E-state index contributed by atoms with van der Waals surface area (Å²) in [6, 6.07) is 3.50. The van der Waals surface area contributed by atoms with Crippen LogP contribution in [0.25, 0.3) is 0 Å². The number of H-pyrrole nitrogens is 1. The third-order valence-electron chi connectivity index (χ3n) is 5.38. The van der Waals surface area contributed by atoms with E-state index in [4.69, 9.17) is 16.3 Å². The molecule has 2 aliphatic rings. The van der Waals surface area contributed by atoms with Crippen molar-refractivity contribution in [3.05, 3.63) is 35.9 Å². The lowest BCUT2D eigenvalue weighted by Gasteiger charge is -2.33. The largest absolute Gasteiger partial charge is 0.492 e. The van der Waals surface area contributed by atoms with Gasteiger partial charge in [-0.1, -0.05) is 11.6 Å². The summed E-state index contributed by atoms with van der Waals surface area (Å²) in [6.07, 6.45) is 6.93. The van der Waals surface area contributed by atoms with Gasteiger partial charge >= 0.3 is 0 Å². The predicted octanol–water partition coefficient (Wildman–Crippen LogP) is 2.13. The second-order valence-corrected chi connectivity index (χ2v) is 7.65. The van der Waals surface area contributed by atoms with E-state index in [9.17, 15) is 9.59 Å². The van der Waals surface area contributed by atoms with Gasteiger partial charge in [-0.2, -0.15) is 5.10 Å². The van der Waals surface area contributed by atoms with Crippen molar-refractivity contribution in [1.82, 2.24) is 20.1 Å². The van der Waals surface area contributed by atoms with Crippen molar-refractivity contribution in [2.24, 2.45) is 11.8 Å². The number of ether oxygens (including phenoxy) is 1. The Bertz CT molecular complexity index is 819. The lowest BCUT2D eigenvalue weighted by atomic mass is 9.96. The highest BCUT2D eigenvalue weighted by Crippen LogP contribution is 2.27. The van der Waals surface area contributed by atoms with E-state index >= 15 is 0 Å². The Morgan fingerprint density at radius 3 is 2.79 bits per heavy atom. The normalized spacial score (nSPS) is 20.6. The van der Waals surface area contributed by atoms with Crippen LogP contribution in [-0.4, -0.2) is 58.1 Å². The number of amides is 2. The van der Waals surface area contributed by atoms with Crippen LogP contribution in [0, 0.1) is 11.8 Å². The molecule has 148 valence electrons. The van der Waals surface area contributed by atoms with E-state index in [1.54, 1.807) is 35.6 Å². The molecule has 1 N–H and O–H groups in total. The zero-order valence-corrected chi connectivity index (χ0v) is 16.1. The number of pyridine rings is 1. The number of nitrogens with zero attached hydrogens (tertiary/aromatic N) is 4. The molecule has 4 heterocycles. The molecule has 8 nitrogen and oxygen atoms in total. The van der Waals surface area contributed by atoms with Gasteiger partial charge in [0, 0.05) is 32.3 Å². The Labute approximate surface area is 167 Å². The zero-order valence-electron chi connectivity index (χ0n) is 15.4. The van der Waals surface area contributed by atoms with Gasteiger partial charge in [0.15, 0.2) is 0 Å². The molecule has 2 amide bonds. The number of halogens is 1. The molecular weight excluding hydrogens is 382 g/mol. The Kier molecular flexibility index (Phi) is 5.47. The molecule has 0 saturated carbocycles. The minimum absolute atomic E-state index is 0.0281. The molecule has 0 aromatic carbocycles. The van der Waals surface area contributed by atoms with Crippen LogP contribution in [0.15, 0.2) is 30.7 Å². The third kappa shape index (κ3) is 4.11. The van der Waals surface area contributed by atoms with E-state index in [0.29, 0.717) is 48.7 Å². The van der Waals surface area contributed by atoms with Gasteiger partial charge in [-0.25, -0.2) is 4.98 Å². The monoisotopic (exact) mass is 403 g/mol. The molecule has 28 heavy (non-hydrogen) atoms. The van der Waals surface area contributed by atoms with Gasteiger partial charge in [0.25, 0.3) is 0 Å². The van der Waals surface area contributed by atoms with Crippen LogP contribution in [0.4, 0.5) is 5.69 Å². The van der Waals surface area contributed by atoms with E-state index in [1.807, 2.05) is 4.90 Å². The van der Waals surface area contributed by atoms with Crippen LogP contribution in [0.1, 0.15) is 19.3 Å². The number of nitrogens with one attached hydrogen (secondary N) is 1. The molecule has 0 radical (unpaired) electrons. The van der Waals surface area contributed by atoms with Gasteiger partial charge in [-0.05, 0) is 30.9 Å². The van der Waals surface area contributed by atoms with Crippen molar-refractivity contribution in [1.29, 1.82) is 0 Å². The summed E-state index contributed by atoms with van der Waals surface area (Å²) in [5.74, 6) is 0.856. The zero-order chi connectivity index (χ0) is 19.5. The van der Waals surface area contributed by atoms with E-state index < -0.39 is 0 Å². The van der Waals surface area contributed by atoms with E-state index in [1.165, 1.54) is 0 Å². The van der Waals surface area contributed by atoms with Crippen LogP contribution in [0.2, 0.25) is 5.15 Å². The number of aromatic nitrogens is 3. The third-order valence-corrected chi connectivity index (χ3v) is 5.61. The molecule has 2 saturated heterocycles. The van der Waals surface area contributed by atoms with Gasteiger partial charge in [-0.15, -0.1) is 0 Å². The van der Waals surface area contributed by atoms with Crippen LogP contribution >= 0.6 is 11.6 Å². The van der Waals surface area contributed by atoms with E-state index in [-0.39, 0.29) is 24.2 Å². The number of anilines is 1. The first-order valence-corrected chi connectivity index (χ1v) is 9.80. The number of hydrogen-bond acceptors (Lipinski definition) is 5. The SMILES string of the molecule is O=C(C1CC(=O)N(c2cn[nH]c2)C1)N1CCC(COc2ccc(Cl)nc2)CC1. The summed E-state index contributed by atoms with van der Waals surface area (Å²) < 4.78 is 5.78. The van der Waals surface area contributed by atoms with Gasteiger partial charge in [0.2, 0.25) is 11.8 Å². The van der Waals surface area contributed by atoms with Crippen LogP contribution < -0.4 is 9.64 Å². The van der Waals surface area contributed by atoms with Gasteiger partial charge in [-0.3, -0.25) is 14.7 Å². The highest BCUT2D eigenvalue weighted by atomic mass is 35.5. The number of rotatable bonds is 5. The molecule has 2 aliphatic heterocycles. The van der Waals surface area contributed by atoms with Crippen molar-refractivity contribution in [3.63, 3.8) is 0 Å². The summed E-state index contributed by atoms with van der Waals surface area (Å²) in [5.41, 5.74) is 0.716. The van der Waals surface area contributed by atoms with Crippen molar-refractivity contribution in [3.8, 4) is 5.75 Å². The first kappa shape index (κ1) is 18.7. The van der Waals surface area contributed by atoms with Crippen LogP contribution in [-0.2, 0) is 9.59 Å². The lowest BCUT2D eigenvalue weighted by Crippen LogP contribution is -2.43. The summed E-state index contributed by atoms with van der Waals surface area (Å²) in [6.45, 7) is 2.41. The Morgan fingerprint density at radius 1 is 1.29 bits per heavy atom. The standard InChI is InChI=1S/C19H22ClN5O3/c20-17-2-1-16(10-21-17)28-12-13-3-5-24(6-4-13)19(27)14-7-18(26)25(11-14)15-8-22-23-9-15/h1-2,8-10,13-14H,3-7,11-12H2,(H,22,23). The number of aromatic amines is 1. The highest BCUT2D eigenvalue weighted by Gasteiger charge is 2.38. The quantitative estimate of drug-likeness (QED) is 0.772. The van der Waals surface area contributed by atoms with Crippen LogP contribution in [0.3, 0.4) is 0 Å². The van der Waals surface area contributed by atoms with Crippen molar-refractivity contribution in [2.45, 2.75) is 19.3 Å². The smallest absolute Gasteiger partial charge is 0.228 e. The topological polar surface area (TPSA) is 91.4 Å². The van der Waals surface area contributed by atoms with Crippen molar-refractivity contribution in [2.75, 3.05) is 31.1 Å².